The molecule has 0 radical (unpaired) electrons. The summed E-state index contributed by atoms with van der Waals surface area (Å²) in [4.78, 5) is 25.6. The van der Waals surface area contributed by atoms with E-state index in [1.165, 1.54) is 0 Å². The van der Waals surface area contributed by atoms with Crippen LogP contribution in [0.3, 0.4) is 0 Å². The first kappa shape index (κ1) is 12.0. The molecule has 1 N–H and O–H groups in total. The van der Waals surface area contributed by atoms with Gasteiger partial charge in [-0.05, 0) is 13.0 Å². The molecule has 86 valence electrons. The van der Waals surface area contributed by atoms with Gasteiger partial charge in [-0.3, -0.25) is 14.5 Å². The van der Waals surface area contributed by atoms with E-state index in [0.717, 1.165) is 6.54 Å². The van der Waals surface area contributed by atoms with Crippen molar-refractivity contribution in [1.29, 1.82) is 0 Å². The molecular weight excluding hydrogens is 196 g/mol. The average Bonchev–Trinajstić information content (AvgIpc) is 2.19. The van der Waals surface area contributed by atoms with Crippen LogP contribution in [-0.2, 0) is 9.59 Å². The predicted molar refractivity (Wildman–Crippen MR) is 55.5 cm³/mol. The van der Waals surface area contributed by atoms with E-state index < -0.39 is 5.97 Å². The van der Waals surface area contributed by atoms with Crippen LogP contribution < -0.4 is 0 Å². The Morgan fingerprint density at radius 1 is 1.60 bits per heavy atom. The monoisotopic (exact) mass is 214 g/mol. The molecule has 0 bridgehead atoms. The number of nitrogens with zero attached hydrogens (tertiary/aromatic N) is 2. The van der Waals surface area contributed by atoms with Gasteiger partial charge in [-0.15, -0.1) is 0 Å². The summed E-state index contributed by atoms with van der Waals surface area (Å²) < 4.78 is 0. The number of amides is 1. The van der Waals surface area contributed by atoms with Gasteiger partial charge in [0.2, 0.25) is 5.91 Å². The van der Waals surface area contributed by atoms with Crippen molar-refractivity contribution in [2.45, 2.75) is 25.8 Å². The van der Waals surface area contributed by atoms with Crippen molar-refractivity contribution < 1.29 is 14.7 Å². The van der Waals surface area contributed by atoms with Gasteiger partial charge >= 0.3 is 5.97 Å². The highest BCUT2D eigenvalue weighted by atomic mass is 16.4. The van der Waals surface area contributed by atoms with Crippen molar-refractivity contribution in [2.24, 2.45) is 0 Å². The lowest BCUT2D eigenvalue weighted by Crippen LogP contribution is -2.54. The molecule has 0 aliphatic carbocycles. The van der Waals surface area contributed by atoms with Crippen LogP contribution in [0, 0.1) is 0 Å². The molecule has 1 aliphatic rings. The fraction of sp³-hybridized carbons (Fsp3) is 0.800. The van der Waals surface area contributed by atoms with Crippen LogP contribution in [0.4, 0.5) is 0 Å². The molecule has 15 heavy (non-hydrogen) atoms. The summed E-state index contributed by atoms with van der Waals surface area (Å²) in [6.45, 7) is 3.84. The molecular formula is C10H18N2O3. The summed E-state index contributed by atoms with van der Waals surface area (Å²) in [5.74, 6) is -0.658. The van der Waals surface area contributed by atoms with Crippen molar-refractivity contribution >= 4 is 11.9 Å². The molecule has 1 aliphatic heterocycles. The van der Waals surface area contributed by atoms with Gasteiger partial charge in [0.1, 0.15) is 0 Å². The number of likely N-dealkylation sites (N-methyl/N-ethyl adjacent to an activating group) is 2. The highest BCUT2D eigenvalue weighted by molar-refractivity contribution is 5.78. The predicted octanol–water partition coefficient (Wildman–Crippen LogP) is 0.0137. The number of hydrogen-bond donors (Lipinski definition) is 1. The number of carboxylic acid groups (broad SMARTS) is 1. The van der Waals surface area contributed by atoms with Gasteiger partial charge in [0.25, 0.3) is 0 Å². The fourth-order valence-corrected chi connectivity index (χ4v) is 1.89. The molecule has 1 fully saturated rings. The Balaban J connectivity index is 2.52. The zero-order valence-electron chi connectivity index (χ0n) is 9.27. The van der Waals surface area contributed by atoms with E-state index >= 15 is 0 Å². The maximum Gasteiger partial charge on any atom is 0.303 e. The fourth-order valence-electron chi connectivity index (χ4n) is 1.89. The van der Waals surface area contributed by atoms with Gasteiger partial charge < -0.3 is 10.0 Å². The Kier molecular flexibility index (Phi) is 4.08. The third kappa shape index (κ3) is 3.20. The first-order valence-corrected chi connectivity index (χ1v) is 5.24. The van der Waals surface area contributed by atoms with E-state index in [0.29, 0.717) is 19.5 Å². The molecule has 1 heterocycles. The van der Waals surface area contributed by atoms with Gasteiger partial charge in [0, 0.05) is 26.1 Å². The lowest BCUT2D eigenvalue weighted by Gasteiger charge is -2.38. The number of carbonyl (C=O) groups is 2. The normalized spacial score (nSPS) is 23.2. The number of rotatable bonds is 4. The van der Waals surface area contributed by atoms with Crippen LogP contribution in [0.2, 0.25) is 0 Å². The summed E-state index contributed by atoms with van der Waals surface area (Å²) in [5.41, 5.74) is 0. The van der Waals surface area contributed by atoms with Crippen molar-refractivity contribution in [2.75, 3.05) is 26.7 Å². The molecule has 0 aromatic carbocycles. The molecule has 1 atom stereocenters. The van der Waals surface area contributed by atoms with Gasteiger partial charge in [-0.25, -0.2) is 0 Å². The van der Waals surface area contributed by atoms with E-state index in [-0.39, 0.29) is 18.4 Å². The second kappa shape index (κ2) is 5.11. The average molecular weight is 214 g/mol. The lowest BCUT2D eigenvalue weighted by molar-refractivity contribution is -0.138. The van der Waals surface area contributed by atoms with Crippen LogP contribution in [0.1, 0.15) is 19.8 Å². The number of hydrogen-bond acceptors (Lipinski definition) is 3. The van der Waals surface area contributed by atoms with Crippen LogP contribution in [0.5, 0.6) is 0 Å². The second-order valence-electron chi connectivity index (χ2n) is 3.92. The molecule has 1 amide bonds. The van der Waals surface area contributed by atoms with Crippen molar-refractivity contribution in [3.8, 4) is 0 Å². The largest absolute Gasteiger partial charge is 0.481 e. The van der Waals surface area contributed by atoms with Gasteiger partial charge in [0.15, 0.2) is 0 Å². The second-order valence-corrected chi connectivity index (χ2v) is 3.92. The number of carbonyl (C=O) groups excluding carboxylic acids is 1. The van der Waals surface area contributed by atoms with Crippen LogP contribution in [-0.4, -0.2) is 59.5 Å². The molecule has 1 rings (SSSR count). The van der Waals surface area contributed by atoms with Crippen molar-refractivity contribution in [3.05, 3.63) is 0 Å². The Bertz CT molecular complexity index is 255. The number of carboxylic acids is 1. The van der Waals surface area contributed by atoms with Crippen molar-refractivity contribution in [3.63, 3.8) is 0 Å². The molecule has 0 spiro atoms. The zero-order chi connectivity index (χ0) is 11.4. The van der Waals surface area contributed by atoms with Gasteiger partial charge in [0.05, 0.1) is 6.54 Å². The molecule has 1 saturated heterocycles. The maximum absolute atomic E-state index is 11.4. The molecule has 5 heteroatoms. The van der Waals surface area contributed by atoms with Crippen molar-refractivity contribution in [1.82, 2.24) is 9.80 Å². The molecule has 0 aromatic heterocycles. The van der Waals surface area contributed by atoms with Gasteiger partial charge in [-0.1, -0.05) is 6.92 Å². The first-order valence-electron chi connectivity index (χ1n) is 5.24. The maximum atomic E-state index is 11.4. The molecule has 1 unspecified atom stereocenters. The molecule has 0 saturated carbocycles. The van der Waals surface area contributed by atoms with E-state index in [9.17, 15) is 9.59 Å². The summed E-state index contributed by atoms with van der Waals surface area (Å²) in [6.07, 6.45) is 0.782. The SMILES string of the molecule is CCN1CC(=O)N(C)CC1CCC(=O)O. The smallest absolute Gasteiger partial charge is 0.303 e. The minimum Gasteiger partial charge on any atom is -0.481 e. The summed E-state index contributed by atoms with van der Waals surface area (Å²) >= 11 is 0. The van der Waals surface area contributed by atoms with E-state index in [1.807, 2.05) is 11.8 Å². The molecule has 0 aromatic rings. The Morgan fingerprint density at radius 3 is 2.80 bits per heavy atom. The minimum atomic E-state index is -0.773. The Morgan fingerprint density at radius 2 is 2.27 bits per heavy atom. The van der Waals surface area contributed by atoms with E-state index in [1.54, 1.807) is 11.9 Å². The highest BCUT2D eigenvalue weighted by Crippen LogP contribution is 2.13. The summed E-state index contributed by atoms with van der Waals surface area (Å²) in [6, 6.07) is 0.189. The van der Waals surface area contributed by atoms with Gasteiger partial charge in [-0.2, -0.15) is 0 Å². The quantitative estimate of drug-likeness (QED) is 0.716. The van der Waals surface area contributed by atoms with Crippen LogP contribution in [0.15, 0.2) is 0 Å². The zero-order valence-corrected chi connectivity index (χ0v) is 9.27. The molecule has 5 nitrogen and oxygen atoms in total. The Labute approximate surface area is 89.7 Å². The number of piperazine rings is 1. The number of aliphatic carboxylic acids is 1. The topological polar surface area (TPSA) is 60.9 Å². The lowest BCUT2D eigenvalue weighted by atomic mass is 10.1. The first-order chi connectivity index (χ1) is 7.04. The van der Waals surface area contributed by atoms with Crippen LogP contribution in [0.25, 0.3) is 0 Å². The van der Waals surface area contributed by atoms with E-state index in [4.69, 9.17) is 5.11 Å². The third-order valence-corrected chi connectivity index (χ3v) is 2.86. The third-order valence-electron chi connectivity index (χ3n) is 2.86. The standard InChI is InChI=1S/C10H18N2O3/c1-3-12-7-9(13)11(2)6-8(12)4-5-10(14)15/h8H,3-7H2,1-2H3,(H,14,15). The Hall–Kier alpha value is -1.10. The minimum absolute atomic E-state index is 0.114. The highest BCUT2D eigenvalue weighted by Gasteiger charge is 2.28. The van der Waals surface area contributed by atoms with E-state index in [2.05, 4.69) is 0 Å². The summed E-state index contributed by atoms with van der Waals surface area (Å²) in [7, 11) is 1.77. The summed E-state index contributed by atoms with van der Waals surface area (Å²) in [5, 5.41) is 8.62. The van der Waals surface area contributed by atoms with Crippen LogP contribution >= 0.6 is 0 Å².